The number of amides is 1. The second-order valence-corrected chi connectivity index (χ2v) is 8.23. The Morgan fingerprint density at radius 1 is 1.00 bits per heavy atom. The van der Waals surface area contributed by atoms with Crippen LogP contribution in [0.3, 0.4) is 0 Å². The van der Waals surface area contributed by atoms with Gasteiger partial charge in [-0.2, -0.15) is 0 Å². The van der Waals surface area contributed by atoms with Crippen LogP contribution in [0.15, 0.2) is 29.2 Å². The fourth-order valence-corrected chi connectivity index (χ4v) is 4.47. The maximum Gasteiger partial charge on any atom is 0.251 e. The molecule has 3 rings (SSSR count). The van der Waals surface area contributed by atoms with Gasteiger partial charge in [0.25, 0.3) is 5.91 Å². The Kier molecular flexibility index (Phi) is 5.53. The number of carbonyl (C=O) groups is 1. The van der Waals surface area contributed by atoms with Crippen LogP contribution in [0.4, 0.5) is 0 Å². The largest absolute Gasteiger partial charge is 0.380 e. The summed E-state index contributed by atoms with van der Waals surface area (Å²) in [6, 6.07) is 6.15. The Morgan fingerprint density at radius 3 is 2.33 bits per heavy atom. The minimum atomic E-state index is -3.58. The Bertz CT molecular complexity index is 660. The van der Waals surface area contributed by atoms with Gasteiger partial charge in [-0.05, 0) is 43.5 Å². The van der Waals surface area contributed by atoms with Crippen molar-refractivity contribution in [3.05, 3.63) is 29.8 Å². The topological polar surface area (TPSA) is 84.5 Å². The van der Waals surface area contributed by atoms with Gasteiger partial charge in [-0.15, -0.1) is 0 Å². The van der Waals surface area contributed by atoms with E-state index in [-0.39, 0.29) is 22.9 Å². The number of rotatable bonds is 5. The molecule has 1 amide bonds. The fraction of sp³-hybridized carbons (Fsp3) is 0.588. The molecule has 7 heteroatoms. The van der Waals surface area contributed by atoms with E-state index in [1.54, 1.807) is 12.1 Å². The maximum atomic E-state index is 12.3. The molecule has 1 atom stereocenters. The molecule has 2 fully saturated rings. The summed E-state index contributed by atoms with van der Waals surface area (Å²) in [7, 11) is -3.58. The number of ether oxygens (including phenoxy) is 1. The smallest absolute Gasteiger partial charge is 0.251 e. The highest BCUT2D eigenvalue weighted by Gasteiger charge is 2.24. The fourth-order valence-electron chi connectivity index (χ4n) is 3.22. The van der Waals surface area contributed by atoms with E-state index in [4.69, 9.17) is 4.74 Å². The molecule has 0 aromatic heterocycles. The molecule has 2 aliphatic rings. The molecule has 2 N–H and O–H groups in total. The lowest BCUT2D eigenvalue weighted by Crippen LogP contribution is -2.36. The molecule has 132 valence electrons. The first-order chi connectivity index (χ1) is 11.5. The average Bonchev–Trinajstić information content (AvgIpc) is 3.08. The predicted octanol–water partition coefficient (Wildman–Crippen LogP) is 1.82. The number of hydrogen-bond donors (Lipinski definition) is 2. The lowest BCUT2D eigenvalue weighted by molar-refractivity contribution is 0.0927. The number of benzene rings is 1. The SMILES string of the molecule is O=C(NC1CCCCC1)c1ccc(S(=O)(=O)NC2CCOC2)cc1. The van der Waals surface area contributed by atoms with Crippen LogP contribution < -0.4 is 10.0 Å². The lowest BCUT2D eigenvalue weighted by atomic mass is 9.95. The molecule has 1 aromatic rings. The maximum absolute atomic E-state index is 12.3. The van der Waals surface area contributed by atoms with Gasteiger partial charge in [0, 0.05) is 24.3 Å². The molecule has 1 aromatic carbocycles. The number of sulfonamides is 1. The van der Waals surface area contributed by atoms with E-state index >= 15 is 0 Å². The number of carbonyl (C=O) groups excluding carboxylic acids is 1. The summed E-state index contributed by atoms with van der Waals surface area (Å²) >= 11 is 0. The molecule has 0 radical (unpaired) electrons. The zero-order valence-electron chi connectivity index (χ0n) is 13.7. The Hall–Kier alpha value is -1.44. The van der Waals surface area contributed by atoms with Gasteiger partial charge in [-0.25, -0.2) is 13.1 Å². The first kappa shape index (κ1) is 17.4. The molecule has 0 bridgehead atoms. The summed E-state index contributed by atoms with van der Waals surface area (Å²) in [5, 5.41) is 3.03. The van der Waals surface area contributed by atoms with Gasteiger partial charge < -0.3 is 10.1 Å². The molecule has 0 spiro atoms. The molecule has 1 aliphatic heterocycles. The normalized spacial score (nSPS) is 22.4. The summed E-state index contributed by atoms with van der Waals surface area (Å²) in [5.41, 5.74) is 0.490. The van der Waals surface area contributed by atoms with Crippen LogP contribution in [0.2, 0.25) is 0 Å². The van der Waals surface area contributed by atoms with Crippen molar-refractivity contribution in [2.24, 2.45) is 0 Å². The second-order valence-electron chi connectivity index (χ2n) is 6.51. The summed E-state index contributed by atoms with van der Waals surface area (Å²) in [5.74, 6) is -0.136. The van der Waals surface area contributed by atoms with Crippen LogP contribution in [-0.4, -0.2) is 39.6 Å². The summed E-state index contributed by atoms with van der Waals surface area (Å²) < 4.78 is 32.5. The zero-order chi connectivity index (χ0) is 17.0. The van der Waals surface area contributed by atoms with Crippen LogP contribution in [0.1, 0.15) is 48.9 Å². The van der Waals surface area contributed by atoms with Crippen molar-refractivity contribution >= 4 is 15.9 Å². The van der Waals surface area contributed by atoms with E-state index in [0.29, 0.717) is 25.2 Å². The van der Waals surface area contributed by atoms with Gasteiger partial charge in [-0.1, -0.05) is 19.3 Å². The van der Waals surface area contributed by atoms with E-state index < -0.39 is 10.0 Å². The van der Waals surface area contributed by atoms with Crippen molar-refractivity contribution in [2.45, 2.75) is 55.5 Å². The van der Waals surface area contributed by atoms with Gasteiger partial charge in [0.15, 0.2) is 0 Å². The van der Waals surface area contributed by atoms with Crippen molar-refractivity contribution in [1.82, 2.24) is 10.0 Å². The van der Waals surface area contributed by atoms with E-state index in [2.05, 4.69) is 10.0 Å². The van der Waals surface area contributed by atoms with E-state index in [0.717, 1.165) is 25.7 Å². The van der Waals surface area contributed by atoms with Gasteiger partial charge >= 0.3 is 0 Å². The quantitative estimate of drug-likeness (QED) is 0.846. The average molecular weight is 352 g/mol. The van der Waals surface area contributed by atoms with Crippen LogP contribution in [0.5, 0.6) is 0 Å². The third-order valence-corrected chi connectivity index (χ3v) is 6.16. The summed E-state index contributed by atoms with van der Waals surface area (Å²) in [6.07, 6.45) is 6.26. The van der Waals surface area contributed by atoms with Crippen molar-refractivity contribution in [2.75, 3.05) is 13.2 Å². The monoisotopic (exact) mass is 352 g/mol. The molecule has 1 aliphatic carbocycles. The van der Waals surface area contributed by atoms with E-state index in [9.17, 15) is 13.2 Å². The van der Waals surface area contributed by atoms with Crippen LogP contribution in [-0.2, 0) is 14.8 Å². The van der Waals surface area contributed by atoms with Gasteiger partial charge in [0.2, 0.25) is 10.0 Å². The summed E-state index contributed by atoms with van der Waals surface area (Å²) in [6.45, 7) is 0.981. The first-order valence-electron chi connectivity index (χ1n) is 8.55. The molecule has 6 nitrogen and oxygen atoms in total. The highest BCUT2D eigenvalue weighted by Crippen LogP contribution is 2.18. The van der Waals surface area contributed by atoms with Crippen molar-refractivity contribution in [3.63, 3.8) is 0 Å². The predicted molar refractivity (Wildman–Crippen MR) is 90.3 cm³/mol. The highest BCUT2D eigenvalue weighted by molar-refractivity contribution is 7.89. The Labute approximate surface area is 143 Å². The second kappa shape index (κ2) is 7.63. The third kappa shape index (κ3) is 4.34. The van der Waals surface area contributed by atoms with Gasteiger partial charge in [0.1, 0.15) is 0 Å². The van der Waals surface area contributed by atoms with Crippen LogP contribution in [0, 0.1) is 0 Å². The minimum absolute atomic E-state index is 0.136. The molecular weight excluding hydrogens is 328 g/mol. The molecular formula is C17H24N2O4S. The van der Waals surface area contributed by atoms with Gasteiger partial charge in [0.05, 0.1) is 11.5 Å². The molecule has 1 unspecified atom stereocenters. The van der Waals surface area contributed by atoms with Crippen molar-refractivity contribution in [1.29, 1.82) is 0 Å². The third-order valence-electron chi connectivity index (χ3n) is 4.62. The highest BCUT2D eigenvalue weighted by atomic mass is 32.2. The number of hydrogen-bond acceptors (Lipinski definition) is 4. The van der Waals surface area contributed by atoms with Crippen molar-refractivity contribution in [3.8, 4) is 0 Å². The molecule has 1 saturated carbocycles. The lowest BCUT2D eigenvalue weighted by Gasteiger charge is -2.22. The first-order valence-corrected chi connectivity index (χ1v) is 10.0. The van der Waals surface area contributed by atoms with E-state index in [1.165, 1.54) is 18.6 Å². The molecule has 1 saturated heterocycles. The number of nitrogens with one attached hydrogen (secondary N) is 2. The molecule has 1 heterocycles. The van der Waals surface area contributed by atoms with Crippen molar-refractivity contribution < 1.29 is 17.9 Å². The zero-order valence-corrected chi connectivity index (χ0v) is 14.5. The Balaban J connectivity index is 1.62. The summed E-state index contributed by atoms with van der Waals surface area (Å²) in [4.78, 5) is 12.4. The molecule has 24 heavy (non-hydrogen) atoms. The minimum Gasteiger partial charge on any atom is -0.380 e. The van der Waals surface area contributed by atoms with Crippen LogP contribution in [0.25, 0.3) is 0 Å². The van der Waals surface area contributed by atoms with Crippen LogP contribution >= 0.6 is 0 Å². The standard InChI is InChI=1S/C17H24N2O4S/c20-17(18-14-4-2-1-3-5-14)13-6-8-16(9-7-13)24(21,22)19-15-10-11-23-12-15/h6-9,14-15,19H,1-5,10-12H2,(H,18,20). The van der Waals surface area contributed by atoms with E-state index in [1.807, 2.05) is 0 Å². The van der Waals surface area contributed by atoms with Gasteiger partial charge in [-0.3, -0.25) is 4.79 Å². The Morgan fingerprint density at radius 2 is 1.71 bits per heavy atom.